The van der Waals surface area contributed by atoms with Crippen LogP contribution in [0.25, 0.3) is 0 Å². The third-order valence-electron chi connectivity index (χ3n) is 5.37. The minimum Gasteiger partial charge on any atom is -0.411 e. The van der Waals surface area contributed by atoms with Gasteiger partial charge in [-0.2, -0.15) is 0 Å². The summed E-state index contributed by atoms with van der Waals surface area (Å²) in [5.74, 6) is 0. The normalized spacial score (nSPS) is 11.9. The summed E-state index contributed by atoms with van der Waals surface area (Å²) >= 11 is 0. The third kappa shape index (κ3) is 3.88. The molecule has 0 bridgehead atoms. The van der Waals surface area contributed by atoms with E-state index >= 15 is 0 Å². The van der Waals surface area contributed by atoms with E-state index in [2.05, 4.69) is 83.3 Å². The molecule has 0 fully saturated rings. The van der Waals surface area contributed by atoms with Gasteiger partial charge in [-0.05, 0) is 16.7 Å². The lowest BCUT2D eigenvalue weighted by molar-refractivity contribution is 0.317. The molecule has 0 amide bonds. The van der Waals surface area contributed by atoms with Crippen LogP contribution in [0.5, 0.6) is 0 Å². The average molecular weight is 393 g/mol. The van der Waals surface area contributed by atoms with Crippen LogP contribution in [0.15, 0.2) is 126 Å². The minimum atomic E-state index is -0.603. The molecule has 0 radical (unpaired) electrons. The molecule has 0 atom stereocenters. The van der Waals surface area contributed by atoms with Crippen molar-refractivity contribution in [2.24, 2.45) is 5.16 Å². The van der Waals surface area contributed by atoms with Gasteiger partial charge in [0.05, 0.1) is 5.54 Å². The van der Waals surface area contributed by atoms with Crippen LogP contribution in [0.3, 0.4) is 0 Å². The lowest BCUT2D eigenvalue weighted by Gasteiger charge is -2.37. The molecule has 3 heteroatoms. The highest BCUT2D eigenvalue weighted by Crippen LogP contribution is 2.36. The molecule has 0 unspecified atom stereocenters. The van der Waals surface area contributed by atoms with Crippen molar-refractivity contribution in [1.29, 1.82) is 0 Å². The van der Waals surface area contributed by atoms with Crippen molar-refractivity contribution in [3.63, 3.8) is 0 Å². The number of hydrogen-bond acceptors (Lipinski definition) is 3. The first-order chi connectivity index (χ1) is 14.8. The largest absolute Gasteiger partial charge is 0.411 e. The zero-order valence-corrected chi connectivity index (χ0v) is 16.6. The summed E-state index contributed by atoms with van der Waals surface area (Å²) in [5, 5.41) is 17.1. The highest BCUT2D eigenvalue weighted by Gasteiger charge is 2.36. The summed E-state index contributed by atoms with van der Waals surface area (Å²) < 4.78 is 0. The fourth-order valence-electron chi connectivity index (χ4n) is 3.91. The molecule has 0 saturated heterocycles. The maximum absolute atomic E-state index is 9.74. The van der Waals surface area contributed by atoms with Crippen molar-refractivity contribution in [1.82, 2.24) is 5.32 Å². The fraction of sp³-hybridized carbons (Fsp3) is 0.0741. The summed E-state index contributed by atoms with van der Waals surface area (Å²) in [4.78, 5) is 0. The molecule has 3 nitrogen and oxygen atoms in total. The number of hydrogen-bond donors (Lipinski definition) is 2. The summed E-state index contributed by atoms with van der Waals surface area (Å²) in [6, 6.07) is 40.9. The van der Waals surface area contributed by atoms with Gasteiger partial charge in [-0.15, -0.1) is 0 Å². The van der Waals surface area contributed by atoms with Crippen molar-refractivity contribution < 1.29 is 5.21 Å². The second-order valence-corrected chi connectivity index (χ2v) is 7.11. The van der Waals surface area contributed by atoms with Gasteiger partial charge < -0.3 is 5.21 Å². The molecule has 0 aliphatic carbocycles. The molecule has 0 heterocycles. The van der Waals surface area contributed by atoms with Crippen LogP contribution < -0.4 is 5.32 Å². The van der Waals surface area contributed by atoms with Crippen LogP contribution in [-0.4, -0.2) is 17.5 Å². The van der Waals surface area contributed by atoms with Gasteiger partial charge in [0.1, 0.15) is 5.71 Å². The Hall–Kier alpha value is -3.69. The first kappa shape index (κ1) is 19.6. The molecule has 0 aliphatic heterocycles. The first-order valence-electron chi connectivity index (χ1n) is 10.0. The lowest BCUT2D eigenvalue weighted by Crippen LogP contribution is -2.47. The Morgan fingerprint density at radius 3 is 1.33 bits per heavy atom. The predicted molar refractivity (Wildman–Crippen MR) is 122 cm³/mol. The van der Waals surface area contributed by atoms with E-state index in [1.807, 2.05) is 48.5 Å². The number of nitrogens with one attached hydrogen (secondary N) is 1. The maximum Gasteiger partial charge on any atom is 0.101 e. The molecule has 0 saturated carbocycles. The quantitative estimate of drug-likeness (QED) is 0.190. The van der Waals surface area contributed by atoms with Crippen molar-refractivity contribution in [3.8, 4) is 0 Å². The van der Waals surface area contributed by atoms with E-state index in [1.165, 1.54) is 0 Å². The molecule has 4 rings (SSSR count). The number of benzene rings is 4. The van der Waals surface area contributed by atoms with Crippen molar-refractivity contribution in [3.05, 3.63) is 144 Å². The number of nitrogens with zero attached hydrogens (tertiary/aromatic N) is 1. The molecule has 0 aliphatic rings. The zero-order valence-electron chi connectivity index (χ0n) is 16.6. The van der Waals surface area contributed by atoms with Gasteiger partial charge in [0, 0.05) is 12.1 Å². The Morgan fingerprint density at radius 2 is 0.967 bits per heavy atom. The van der Waals surface area contributed by atoms with E-state index in [1.54, 1.807) is 0 Å². The standard InChI is InChI=1S/C27H24N2O/c30-29-26(22-13-5-1-6-14-22)21-28-27(23-15-7-2-8-16-23,24-17-9-3-10-18-24)25-19-11-4-12-20-25/h1-20,28,30H,21H2/b29-26+. The molecule has 4 aromatic carbocycles. The second kappa shape index (κ2) is 9.21. The van der Waals surface area contributed by atoms with E-state index in [0.717, 1.165) is 22.3 Å². The van der Waals surface area contributed by atoms with Gasteiger partial charge in [0.2, 0.25) is 0 Å². The topological polar surface area (TPSA) is 44.6 Å². The van der Waals surface area contributed by atoms with Crippen LogP contribution >= 0.6 is 0 Å². The smallest absolute Gasteiger partial charge is 0.101 e. The third-order valence-corrected chi connectivity index (χ3v) is 5.37. The minimum absolute atomic E-state index is 0.388. The van der Waals surface area contributed by atoms with Gasteiger partial charge in [-0.3, -0.25) is 5.32 Å². The Morgan fingerprint density at radius 1 is 0.600 bits per heavy atom. The Balaban J connectivity index is 1.85. The number of oxime groups is 1. The van der Waals surface area contributed by atoms with Gasteiger partial charge in [0.25, 0.3) is 0 Å². The van der Waals surface area contributed by atoms with E-state index < -0.39 is 5.54 Å². The Kier molecular flexibility index (Phi) is 6.02. The summed E-state index contributed by atoms with van der Waals surface area (Å²) in [5.41, 5.74) is 4.22. The van der Waals surface area contributed by atoms with Crippen LogP contribution in [0.4, 0.5) is 0 Å². The summed E-state index contributed by atoms with van der Waals surface area (Å²) in [6.07, 6.45) is 0. The van der Waals surface area contributed by atoms with Gasteiger partial charge >= 0.3 is 0 Å². The van der Waals surface area contributed by atoms with Crippen LogP contribution in [0.2, 0.25) is 0 Å². The highest BCUT2D eigenvalue weighted by molar-refractivity contribution is 6.01. The zero-order chi connectivity index (χ0) is 20.7. The van der Waals surface area contributed by atoms with E-state index in [4.69, 9.17) is 0 Å². The van der Waals surface area contributed by atoms with Crippen molar-refractivity contribution in [2.45, 2.75) is 5.54 Å². The van der Waals surface area contributed by atoms with Crippen LogP contribution in [-0.2, 0) is 5.54 Å². The van der Waals surface area contributed by atoms with Gasteiger partial charge in [-0.25, -0.2) is 0 Å². The van der Waals surface area contributed by atoms with Gasteiger partial charge in [-0.1, -0.05) is 126 Å². The molecule has 2 N–H and O–H groups in total. The molecule has 0 aromatic heterocycles. The molecule has 30 heavy (non-hydrogen) atoms. The number of rotatable bonds is 7. The average Bonchev–Trinajstić information content (AvgIpc) is 2.84. The molecular formula is C27H24N2O. The van der Waals surface area contributed by atoms with Crippen LogP contribution in [0.1, 0.15) is 22.3 Å². The molecule has 4 aromatic rings. The van der Waals surface area contributed by atoms with Gasteiger partial charge in [0.15, 0.2) is 0 Å². The van der Waals surface area contributed by atoms with Crippen molar-refractivity contribution >= 4 is 5.71 Å². The van der Waals surface area contributed by atoms with Crippen LogP contribution in [0, 0.1) is 0 Å². The second-order valence-electron chi connectivity index (χ2n) is 7.11. The fourth-order valence-corrected chi connectivity index (χ4v) is 3.91. The summed E-state index contributed by atoms with van der Waals surface area (Å²) in [6.45, 7) is 0.388. The van der Waals surface area contributed by atoms with Crippen molar-refractivity contribution in [2.75, 3.05) is 6.54 Å². The molecule has 148 valence electrons. The van der Waals surface area contributed by atoms with E-state index in [-0.39, 0.29) is 0 Å². The summed E-state index contributed by atoms with van der Waals surface area (Å²) in [7, 11) is 0. The highest BCUT2D eigenvalue weighted by atomic mass is 16.4. The van der Waals surface area contributed by atoms with E-state index in [9.17, 15) is 5.21 Å². The maximum atomic E-state index is 9.74. The Bertz CT molecular complexity index is 982. The molecular weight excluding hydrogens is 368 g/mol. The monoisotopic (exact) mass is 392 g/mol. The SMILES string of the molecule is O/N=C(\CNC(c1ccccc1)(c1ccccc1)c1ccccc1)c1ccccc1. The predicted octanol–water partition coefficient (Wildman–Crippen LogP) is 5.45. The van der Waals surface area contributed by atoms with E-state index in [0.29, 0.717) is 12.3 Å². The Labute approximate surface area is 177 Å². The lowest BCUT2D eigenvalue weighted by atomic mass is 9.77. The first-order valence-corrected chi connectivity index (χ1v) is 10.0. The molecule has 0 spiro atoms.